The van der Waals surface area contributed by atoms with Crippen LogP contribution >= 0.6 is 0 Å². The number of aromatic carboxylic acids is 1. The number of hydrogen-bond acceptors (Lipinski definition) is 8. The lowest BCUT2D eigenvalue weighted by Crippen LogP contribution is -2.12. The molecule has 0 saturated heterocycles. The van der Waals surface area contributed by atoms with Crippen LogP contribution in [0.1, 0.15) is 33.5 Å². The minimum Gasteiger partial charge on any atom is -0.493 e. The summed E-state index contributed by atoms with van der Waals surface area (Å²) in [6.07, 6.45) is 0. The van der Waals surface area contributed by atoms with Crippen molar-refractivity contribution in [1.82, 2.24) is 15.0 Å². The first kappa shape index (κ1) is 17.8. The number of ketones is 1. The smallest absolute Gasteiger partial charge is 0.358 e. The number of hydrogen-bond donors (Lipinski definition) is 1. The van der Waals surface area contributed by atoms with Gasteiger partial charge in [0, 0.05) is 6.07 Å². The van der Waals surface area contributed by atoms with Crippen LogP contribution in [0.2, 0.25) is 0 Å². The number of aryl methyl sites for hydroxylation is 1. The molecule has 0 bridgehead atoms. The first-order valence-corrected chi connectivity index (χ1v) is 6.97. The Morgan fingerprint density at radius 2 is 1.76 bits per heavy atom. The number of carbonyl (C=O) groups excluding carboxylic acids is 1. The van der Waals surface area contributed by atoms with Gasteiger partial charge in [-0.2, -0.15) is 4.80 Å². The number of rotatable bonds is 7. The molecule has 2 aromatic rings. The van der Waals surface area contributed by atoms with Crippen LogP contribution in [0, 0.1) is 10.1 Å². The van der Waals surface area contributed by atoms with E-state index in [4.69, 9.17) is 9.47 Å². The fourth-order valence-electron chi connectivity index (χ4n) is 2.12. The highest BCUT2D eigenvalue weighted by Crippen LogP contribution is 2.35. The zero-order valence-corrected chi connectivity index (χ0v) is 13.5. The number of carbonyl (C=O) groups is 2. The highest BCUT2D eigenvalue weighted by Gasteiger charge is 2.31. The molecule has 132 valence electrons. The topological polar surface area (TPSA) is 147 Å². The highest BCUT2D eigenvalue weighted by molar-refractivity contribution is 6.14. The van der Waals surface area contributed by atoms with Crippen molar-refractivity contribution in [2.45, 2.75) is 13.5 Å². The van der Waals surface area contributed by atoms with Gasteiger partial charge in [-0.25, -0.2) is 4.79 Å². The number of nitro benzene ring substituents is 1. The van der Waals surface area contributed by atoms with Crippen molar-refractivity contribution in [2.24, 2.45) is 0 Å². The van der Waals surface area contributed by atoms with E-state index in [2.05, 4.69) is 10.2 Å². The van der Waals surface area contributed by atoms with Gasteiger partial charge in [0.2, 0.25) is 11.5 Å². The van der Waals surface area contributed by atoms with Gasteiger partial charge in [0.1, 0.15) is 5.56 Å². The van der Waals surface area contributed by atoms with Crippen molar-refractivity contribution < 1.29 is 29.1 Å². The number of carboxylic acids is 1. The van der Waals surface area contributed by atoms with Gasteiger partial charge in [0.05, 0.1) is 31.8 Å². The van der Waals surface area contributed by atoms with Gasteiger partial charge in [0.25, 0.3) is 5.69 Å². The lowest BCUT2D eigenvalue weighted by Gasteiger charge is -2.09. The molecular weight excluding hydrogens is 336 g/mol. The van der Waals surface area contributed by atoms with Gasteiger partial charge in [-0.3, -0.25) is 14.9 Å². The third-order valence-corrected chi connectivity index (χ3v) is 3.30. The number of benzene rings is 1. The number of nitro groups is 1. The molecular formula is C14H14N4O7. The van der Waals surface area contributed by atoms with E-state index in [1.807, 2.05) is 0 Å². The van der Waals surface area contributed by atoms with Crippen molar-refractivity contribution in [3.05, 3.63) is 39.2 Å². The molecule has 0 spiro atoms. The van der Waals surface area contributed by atoms with Crippen LogP contribution in [0.25, 0.3) is 0 Å². The molecule has 0 radical (unpaired) electrons. The van der Waals surface area contributed by atoms with E-state index in [0.29, 0.717) is 0 Å². The Kier molecular flexibility index (Phi) is 4.96. The second kappa shape index (κ2) is 6.95. The molecule has 0 aliphatic carbocycles. The summed E-state index contributed by atoms with van der Waals surface area (Å²) in [4.78, 5) is 35.5. The highest BCUT2D eigenvalue weighted by atomic mass is 16.6. The molecule has 1 heterocycles. The molecule has 2 rings (SSSR count). The van der Waals surface area contributed by atoms with E-state index in [9.17, 15) is 24.8 Å². The van der Waals surface area contributed by atoms with Crippen molar-refractivity contribution in [3.63, 3.8) is 0 Å². The molecule has 11 heteroatoms. The molecule has 0 aliphatic rings. The van der Waals surface area contributed by atoms with Crippen molar-refractivity contribution >= 4 is 17.4 Å². The molecule has 0 atom stereocenters. The maximum Gasteiger partial charge on any atom is 0.358 e. The van der Waals surface area contributed by atoms with Crippen LogP contribution in [0.15, 0.2) is 12.1 Å². The SMILES string of the molecule is CCn1nc(C(=O)O)c(C(=O)c2cc(OC)c(OC)cc2[N+](=O)[O-])n1. The van der Waals surface area contributed by atoms with E-state index >= 15 is 0 Å². The zero-order valence-electron chi connectivity index (χ0n) is 13.5. The quantitative estimate of drug-likeness (QED) is 0.441. The Labute approximate surface area is 140 Å². The van der Waals surface area contributed by atoms with Crippen molar-refractivity contribution in [1.29, 1.82) is 0 Å². The summed E-state index contributed by atoms with van der Waals surface area (Å²) in [7, 11) is 2.59. The Bertz CT molecular complexity index is 859. The number of methoxy groups -OCH3 is 2. The summed E-state index contributed by atoms with van der Waals surface area (Å²) in [5.74, 6) is -2.28. The minimum atomic E-state index is -1.47. The van der Waals surface area contributed by atoms with Crippen LogP contribution in [-0.4, -0.2) is 51.0 Å². The van der Waals surface area contributed by atoms with Gasteiger partial charge in [-0.05, 0) is 6.92 Å². The first-order chi connectivity index (χ1) is 11.8. The molecule has 0 saturated carbocycles. The monoisotopic (exact) mass is 350 g/mol. The average Bonchev–Trinajstić information content (AvgIpc) is 3.04. The van der Waals surface area contributed by atoms with Crippen LogP contribution in [-0.2, 0) is 6.54 Å². The molecule has 0 amide bonds. The Morgan fingerprint density at radius 1 is 1.20 bits per heavy atom. The largest absolute Gasteiger partial charge is 0.493 e. The fourth-order valence-corrected chi connectivity index (χ4v) is 2.12. The Hall–Kier alpha value is -3.50. The second-order valence-corrected chi connectivity index (χ2v) is 4.70. The number of carboxylic acid groups (broad SMARTS) is 1. The fraction of sp³-hybridized carbons (Fsp3) is 0.286. The van der Waals surface area contributed by atoms with E-state index in [0.717, 1.165) is 16.9 Å². The second-order valence-electron chi connectivity index (χ2n) is 4.70. The van der Waals surface area contributed by atoms with E-state index in [1.54, 1.807) is 6.92 Å². The summed E-state index contributed by atoms with van der Waals surface area (Å²) in [5, 5.41) is 28.0. The van der Waals surface area contributed by atoms with Crippen LogP contribution in [0.4, 0.5) is 5.69 Å². The molecule has 0 aliphatic heterocycles. The zero-order chi connectivity index (χ0) is 18.7. The predicted octanol–water partition coefficient (Wildman–Crippen LogP) is 1.15. The number of ether oxygens (including phenoxy) is 2. The predicted molar refractivity (Wildman–Crippen MR) is 82.3 cm³/mol. The molecule has 1 aromatic heterocycles. The molecule has 1 aromatic carbocycles. The van der Waals surface area contributed by atoms with Crippen molar-refractivity contribution in [2.75, 3.05) is 14.2 Å². The average molecular weight is 350 g/mol. The minimum absolute atomic E-state index is 0.0569. The third-order valence-electron chi connectivity index (χ3n) is 3.30. The maximum absolute atomic E-state index is 12.7. The summed E-state index contributed by atoms with van der Waals surface area (Å²) in [5.41, 5.74) is -2.03. The molecule has 0 fully saturated rings. The van der Waals surface area contributed by atoms with E-state index in [1.165, 1.54) is 14.2 Å². The lowest BCUT2D eigenvalue weighted by atomic mass is 10.0. The van der Waals surface area contributed by atoms with Gasteiger partial charge in [-0.15, -0.1) is 10.2 Å². The van der Waals surface area contributed by atoms with Crippen LogP contribution < -0.4 is 9.47 Å². The summed E-state index contributed by atoms with van der Waals surface area (Å²) < 4.78 is 10.0. The molecule has 25 heavy (non-hydrogen) atoms. The third kappa shape index (κ3) is 3.24. The summed E-state index contributed by atoms with van der Waals surface area (Å²) >= 11 is 0. The number of aromatic nitrogens is 3. The summed E-state index contributed by atoms with van der Waals surface area (Å²) in [6, 6.07) is 2.13. The Morgan fingerprint density at radius 3 is 2.24 bits per heavy atom. The van der Waals surface area contributed by atoms with E-state index in [-0.39, 0.29) is 23.6 Å². The summed E-state index contributed by atoms with van der Waals surface area (Å²) in [6.45, 7) is 1.88. The maximum atomic E-state index is 12.7. The van der Waals surface area contributed by atoms with Crippen molar-refractivity contribution in [3.8, 4) is 11.5 Å². The standard InChI is InChI=1S/C14H14N4O7/c1-4-17-15-11(12(16-17)14(20)21)13(19)7-5-9(24-2)10(25-3)6-8(7)18(22)23/h5-6H,4H2,1-3H3,(H,20,21). The van der Waals surface area contributed by atoms with Gasteiger partial charge in [0.15, 0.2) is 17.2 Å². The van der Waals surface area contributed by atoms with Crippen LogP contribution in [0.5, 0.6) is 11.5 Å². The van der Waals surface area contributed by atoms with Gasteiger partial charge < -0.3 is 14.6 Å². The first-order valence-electron chi connectivity index (χ1n) is 6.97. The van der Waals surface area contributed by atoms with E-state index < -0.39 is 33.8 Å². The van der Waals surface area contributed by atoms with Crippen LogP contribution in [0.3, 0.4) is 0 Å². The number of nitrogens with zero attached hydrogens (tertiary/aromatic N) is 4. The van der Waals surface area contributed by atoms with Gasteiger partial charge in [-0.1, -0.05) is 0 Å². The van der Waals surface area contributed by atoms with Gasteiger partial charge >= 0.3 is 5.97 Å². The lowest BCUT2D eigenvalue weighted by molar-refractivity contribution is -0.385. The Balaban J connectivity index is 2.69. The molecule has 0 unspecified atom stereocenters. The normalized spacial score (nSPS) is 10.4. The molecule has 1 N–H and O–H groups in total. The molecule has 11 nitrogen and oxygen atoms in total.